The molecule has 1 atom stereocenters. The number of hydrogen-bond acceptors (Lipinski definition) is 3. The van der Waals surface area contributed by atoms with E-state index in [9.17, 15) is 0 Å². The molecule has 2 N–H and O–H groups in total. The van der Waals surface area contributed by atoms with Crippen LogP contribution in [0, 0.1) is 0 Å². The molecular weight excluding hydrogens is 366 g/mol. The first kappa shape index (κ1) is 19.1. The highest BCUT2D eigenvalue weighted by Gasteiger charge is 2.14. The summed E-state index contributed by atoms with van der Waals surface area (Å²) in [6.07, 6.45) is 7.72. The Morgan fingerprint density at radius 1 is 1.23 bits per heavy atom. The normalized spacial score (nSPS) is 16.2. The number of hydrogen-bond donors (Lipinski definition) is 2. The van der Waals surface area contributed by atoms with Crippen molar-refractivity contribution in [3.63, 3.8) is 0 Å². The molecule has 1 aromatic heterocycles. The number of likely N-dealkylation sites (tertiary alicyclic amines) is 1. The number of anilines is 1. The molecule has 0 aliphatic carbocycles. The topological polar surface area (TPSA) is 45.1 Å². The fourth-order valence-corrected chi connectivity index (χ4v) is 3.70. The van der Waals surface area contributed by atoms with Crippen molar-refractivity contribution in [3.8, 4) is 0 Å². The molecular formula is C19H26ClN5S. The van der Waals surface area contributed by atoms with Crippen LogP contribution >= 0.6 is 23.8 Å². The maximum atomic E-state index is 5.92. The molecule has 7 heteroatoms. The first-order valence-corrected chi connectivity index (χ1v) is 9.94. The van der Waals surface area contributed by atoms with Crippen molar-refractivity contribution in [1.82, 2.24) is 20.0 Å². The second kappa shape index (κ2) is 9.35. The van der Waals surface area contributed by atoms with Gasteiger partial charge in [0, 0.05) is 23.8 Å². The number of rotatable bonds is 6. The molecule has 140 valence electrons. The summed E-state index contributed by atoms with van der Waals surface area (Å²) in [4.78, 5) is 2.51. The Balaban J connectivity index is 1.45. The summed E-state index contributed by atoms with van der Waals surface area (Å²) in [7, 11) is 0. The highest BCUT2D eigenvalue weighted by atomic mass is 35.5. The molecule has 0 bridgehead atoms. The predicted octanol–water partition coefficient (Wildman–Crippen LogP) is 3.75. The van der Waals surface area contributed by atoms with E-state index in [4.69, 9.17) is 23.8 Å². The van der Waals surface area contributed by atoms with Gasteiger partial charge in [0.25, 0.3) is 0 Å². The lowest BCUT2D eigenvalue weighted by atomic mass is 10.1. The molecule has 3 rings (SSSR count). The first-order chi connectivity index (χ1) is 12.6. The molecule has 0 saturated carbocycles. The van der Waals surface area contributed by atoms with E-state index < -0.39 is 0 Å². The number of benzene rings is 1. The molecule has 26 heavy (non-hydrogen) atoms. The van der Waals surface area contributed by atoms with Gasteiger partial charge in [-0.25, -0.2) is 0 Å². The SMILES string of the molecule is C[C@H](CN1CCCCC1)NC(=S)Nc1cnn(Cc2ccc(Cl)cc2)c1. The summed E-state index contributed by atoms with van der Waals surface area (Å²) in [5.74, 6) is 0. The third-order valence-electron chi connectivity index (χ3n) is 4.51. The Morgan fingerprint density at radius 3 is 2.69 bits per heavy atom. The number of piperidine rings is 1. The van der Waals surface area contributed by atoms with E-state index in [0.717, 1.165) is 22.8 Å². The average Bonchev–Trinajstić information content (AvgIpc) is 3.04. The summed E-state index contributed by atoms with van der Waals surface area (Å²) in [6.45, 7) is 6.29. The van der Waals surface area contributed by atoms with Crippen LogP contribution < -0.4 is 10.6 Å². The van der Waals surface area contributed by atoms with E-state index in [2.05, 4.69) is 27.6 Å². The molecule has 5 nitrogen and oxygen atoms in total. The quantitative estimate of drug-likeness (QED) is 0.734. The van der Waals surface area contributed by atoms with Crippen molar-refractivity contribution in [1.29, 1.82) is 0 Å². The Labute approximate surface area is 165 Å². The summed E-state index contributed by atoms with van der Waals surface area (Å²) < 4.78 is 1.88. The monoisotopic (exact) mass is 391 g/mol. The van der Waals surface area contributed by atoms with Gasteiger partial charge in [-0.1, -0.05) is 30.2 Å². The van der Waals surface area contributed by atoms with E-state index >= 15 is 0 Å². The van der Waals surface area contributed by atoms with E-state index in [1.165, 1.54) is 32.4 Å². The molecule has 1 aromatic carbocycles. The van der Waals surface area contributed by atoms with Gasteiger partial charge >= 0.3 is 0 Å². The van der Waals surface area contributed by atoms with Gasteiger partial charge in [0.05, 0.1) is 18.4 Å². The van der Waals surface area contributed by atoms with Crippen LogP contribution in [-0.4, -0.2) is 45.5 Å². The van der Waals surface area contributed by atoms with Crippen LogP contribution in [0.15, 0.2) is 36.7 Å². The number of halogens is 1. The lowest BCUT2D eigenvalue weighted by Gasteiger charge is -2.29. The molecule has 1 saturated heterocycles. The van der Waals surface area contributed by atoms with Crippen molar-refractivity contribution in [2.45, 2.75) is 38.8 Å². The van der Waals surface area contributed by atoms with Gasteiger partial charge in [-0.15, -0.1) is 0 Å². The average molecular weight is 392 g/mol. The zero-order valence-corrected chi connectivity index (χ0v) is 16.7. The molecule has 1 fully saturated rings. The molecule has 2 heterocycles. The molecule has 0 unspecified atom stereocenters. The zero-order valence-electron chi connectivity index (χ0n) is 15.1. The summed E-state index contributed by atoms with van der Waals surface area (Å²) in [5.41, 5.74) is 2.04. The van der Waals surface area contributed by atoms with Crippen LogP contribution in [0.4, 0.5) is 5.69 Å². The van der Waals surface area contributed by atoms with E-state index in [-0.39, 0.29) is 0 Å². The van der Waals surface area contributed by atoms with Crippen molar-refractivity contribution >= 4 is 34.6 Å². The van der Waals surface area contributed by atoms with Crippen LogP contribution in [0.5, 0.6) is 0 Å². The minimum atomic E-state index is 0.317. The summed E-state index contributed by atoms with van der Waals surface area (Å²) in [6, 6.07) is 8.11. The summed E-state index contributed by atoms with van der Waals surface area (Å²) >= 11 is 11.4. The van der Waals surface area contributed by atoms with Gasteiger partial charge in [0.2, 0.25) is 0 Å². The zero-order chi connectivity index (χ0) is 18.4. The van der Waals surface area contributed by atoms with Crippen molar-refractivity contribution in [2.75, 3.05) is 25.0 Å². The van der Waals surface area contributed by atoms with E-state index in [0.29, 0.717) is 17.7 Å². The van der Waals surface area contributed by atoms with Crippen LogP contribution in [0.3, 0.4) is 0 Å². The van der Waals surface area contributed by atoms with Gasteiger partial charge < -0.3 is 15.5 Å². The Hall–Kier alpha value is -1.63. The molecule has 1 aliphatic rings. The standard InChI is InChI=1S/C19H26ClN5S/c1-15(12-24-9-3-2-4-10-24)22-19(26)23-18-11-21-25(14-18)13-16-5-7-17(20)8-6-16/h5-8,11,14-15H,2-4,9-10,12-13H2,1H3,(H2,22,23,26)/t15-/m1/s1. The fraction of sp³-hybridized carbons (Fsp3) is 0.474. The third kappa shape index (κ3) is 5.97. The summed E-state index contributed by atoms with van der Waals surface area (Å²) in [5, 5.41) is 12.4. The van der Waals surface area contributed by atoms with Crippen LogP contribution in [0.2, 0.25) is 5.02 Å². The molecule has 2 aromatic rings. The lowest BCUT2D eigenvalue weighted by molar-refractivity contribution is 0.215. The lowest BCUT2D eigenvalue weighted by Crippen LogP contribution is -2.44. The Morgan fingerprint density at radius 2 is 1.96 bits per heavy atom. The predicted molar refractivity (Wildman–Crippen MR) is 112 cm³/mol. The van der Waals surface area contributed by atoms with E-state index in [1.54, 1.807) is 6.20 Å². The van der Waals surface area contributed by atoms with Crippen molar-refractivity contribution < 1.29 is 0 Å². The van der Waals surface area contributed by atoms with Crippen LogP contribution in [0.25, 0.3) is 0 Å². The second-order valence-corrected chi connectivity index (χ2v) is 7.76. The molecule has 1 aliphatic heterocycles. The maximum Gasteiger partial charge on any atom is 0.171 e. The fourth-order valence-electron chi connectivity index (χ4n) is 3.26. The Bertz CT molecular complexity index is 709. The van der Waals surface area contributed by atoms with E-state index in [1.807, 2.05) is 35.1 Å². The molecule has 0 spiro atoms. The Kier molecular flexibility index (Phi) is 6.88. The van der Waals surface area contributed by atoms with Gasteiger partial charge in [-0.05, 0) is 62.8 Å². The highest BCUT2D eigenvalue weighted by Crippen LogP contribution is 2.12. The van der Waals surface area contributed by atoms with Gasteiger partial charge in [-0.2, -0.15) is 5.10 Å². The number of aromatic nitrogens is 2. The molecule has 0 radical (unpaired) electrons. The first-order valence-electron chi connectivity index (χ1n) is 9.15. The van der Waals surface area contributed by atoms with Crippen molar-refractivity contribution in [2.24, 2.45) is 0 Å². The number of thiocarbonyl (C=S) groups is 1. The second-order valence-electron chi connectivity index (χ2n) is 6.91. The minimum absolute atomic E-state index is 0.317. The third-order valence-corrected chi connectivity index (χ3v) is 4.98. The highest BCUT2D eigenvalue weighted by molar-refractivity contribution is 7.80. The maximum absolute atomic E-state index is 5.92. The van der Waals surface area contributed by atoms with Gasteiger partial charge in [0.15, 0.2) is 5.11 Å². The largest absolute Gasteiger partial charge is 0.359 e. The van der Waals surface area contributed by atoms with Gasteiger partial charge in [0.1, 0.15) is 0 Å². The number of nitrogens with zero attached hydrogens (tertiary/aromatic N) is 3. The van der Waals surface area contributed by atoms with Crippen LogP contribution in [0.1, 0.15) is 31.7 Å². The van der Waals surface area contributed by atoms with Crippen LogP contribution in [-0.2, 0) is 6.54 Å². The van der Waals surface area contributed by atoms with Gasteiger partial charge in [-0.3, -0.25) is 4.68 Å². The molecule has 0 amide bonds. The number of nitrogens with one attached hydrogen (secondary N) is 2. The smallest absolute Gasteiger partial charge is 0.171 e. The van der Waals surface area contributed by atoms with Crippen molar-refractivity contribution in [3.05, 3.63) is 47.2 Å². The minimum Gasteiger partial charge on any atom is -0.359 e.